The van der Waals surface area contributed by atoms with Crippen molar-refractivity contribution in [1.82, 2.24) is 4.98 Å². The number of phenolic OH excluding ortho intramolecular Hbond substituents is 2. The second kappa shape index (κ2) is 15.4. The summed E-state index contributed by atoms with van der Waals surface area (Å²) < 4.78 is 29.0. The normalized spacial score (nSPS) is 21.4. The highest BCUT2D eigenvalue weighted by molar-refractivity contribution is 5.89. The number of nitrogen functional groups attached to an aromatic ring is 1. The molecule has 16 nitrogen and oxygen atoms in total. The first-order chi connectivity index (χ1) is 25.4. The fourth-order valence-corrected chi connectivity index (χ4v) is 6.10. The first-order valence-electron chi connectivity index (χ1n) is 16.5. The number of carboxylic acid groups (broad SMARTS) is 1. The number of aromatic hydroxyl groups is 2. The smallest absolute Gasteiger partial charge is 0.336 e. The monoisotopic (exact) mass is 734 g/mol. The lowest BCUT2D eigenvalue weighted by Crippen LogP contribution is -2.68. The zero-order valence-electron chi connectivity index (χ0n) is 28.0. The predicted octanol–water partition coefficient (Wildman–Crippen LogP) is 2.40. The van der Waals surface area contributed by atoms with Gasteiger partial charge in [-0.1, -0.05) is 12.1 Å². The summed E-state index contributed by atoms with van der Waals surface area (Å²) in [5.74, 6) is -2.13. The summed E-state index contributed by atoms with van der Waals surface area (Å²) in [7, 11) is 0. The molecule has 1 aliphatic rings. The molecule has 1 aliphatic heterocycles. The molecule has 53 heavy (non-hydrogen) atoms. The van der Waals surface area contributed by atoms with Crippen LogP contribution in [0.15, 0.2) is 82.0 Å². The molecule has 5 unspecified atom stereocenters. The van der Waals surface area contributed by atoms with Crippen LogP contribution >= 0.6 is 0 Å². The Labute approximate surface area is 300 Å². The van der Waals surface area contributed by atoms with Crippen molar-refractivity contribution in [3.63, 3.8) is 0 Å². The Hall–Kier alpha value is -5.78. The molecule has 10 N–H and O–H groups in total. The SMILES string of the molecule is Nc1ccc(CCOc2ccc(-c3cc(=O)c4c(O)c(OCc5cccc(O)c5)c(OC5OC(C(=O)O)C(O)(CCCO)C(O)C5O)cc4o3)cc2)[nH]1. The van der Waals surface area contributed by atoms with Gasteiger partial charge in [0.1, 0.15) is 58.5 Å². The highest BCUT2D eigenvalue weighted by atomic mass is 16.7. The summed E-state index contributed by atoms with van der Waals surface area (Å²) in [6.07, 6.45) is -8.22. The Morgan fingerprint density at radius 3 is 2.45 bits per heavy atom. The van der Waals surface area contributed by atoms with E-state index in [0.29, 0.717) is 35.7 Å². The molecule has 5 aromatic rings. The van der Waals surface area contributed by atoms with E-state index in [1.165, 1.54) is 18.2 Å². The fourth-order valence-electron chi connectivity index (χ4n) is 6.10. The van der Waals surface area contributed by atoms with E-state index in [4.69, 9.17) is 29.1 Å². The number of nitrogens with one attached hydrogen (secondary N) is 1. The van der Waals surface area contributed by atoms with Crippen molar-refractivity contribution >= 4 is 22.8 Å². The quantitative estimate of drug-likeness (QED) is 0.0793. The van der Waals surface area contributed by atoms with Gasteiger partial charge in [0.25, 0.3) is 0 Å². The van der Waals surface area contributed by atoms with Crippen molar-refractivity contribution < 1.29 is 63.9 Å². The Morgan fingerprint density at radius 1 is 1.00 bits per heavy atom. The lowest BCUT2D eigenvalue weighted by atomic mass is 9.80. The van der Waals surface area contributed by atoms with Gasteiger partial charge in [-0.05, 0) is 66.9 Å². The van der Waals surface area contributed by atoms with E-state index in [1.807, 2.05) is 6.07 Å². The van der Waals surface area contributed by atoms with E-state index in [-0.39, 0.29) is 35.5 Å². The van der Waals surface area contributed by atoms with Crippen LogP contribution < -0.4 is 25.4 Å². The minimum Gasteiger partial charge on any atom is -0.508 e. The number of fused-ring (bicyclic) bond motifs is 1. The van der Waals surface area contributed by atoms with Crippen LogP contribution in [0.4, 0.5) is 5.82 Å². The number of carboxylic acids is 1. The number of phenols is 2. The molecule has 0 amide bonds. The molecular formula is C37H38N2O14. The predicted molar refractivity (Wildman–Crippen MR) is 187 cm³/mol. The van der Waals surface area contributed by atoms with Crippen molar-refractivity contribution in [2.45, 2.75) is 56.1 Å². The van der Waals surface area contributed by atoms with E-state index in [1.54, 1.807) is 42.5 Å². The van der Waals surface area contributed by atoms with Crippen LogP contribution in [0, 0.1) is 0 Å². The van der Waals surface area contributed by atoms with Gasteiger partial charge >= 0.3 is 5.97 Å². The molecule has 0 saturated carbocycles. The van der Waals surface area contributed by atoms with Gasteiger partial charge in [-0.15, -0.1) is 0 Å². The zero-order valence-corrected chi connectivity index (χ0v) is 28.0. The summed E-state index contributed by atoms with van der Waals surface area (Å²) in [6.45, 7) is -0.340. The Kier molecular flexibility index (Phi) is 10.8. The van der Waals surface area contributed by atoms with Gasteiger partial charge in [-0.2, -0.15) is 0 Å². The maximum Gasteiger partial charge on any atom is 0.336 e. The third kappa shape index (κ3) is 7.86. The van der Waals surface area contributed by atoms with Gasteiger partial charge in [-0.25, -0.2) is 4.79 Å². The number of anilines is 1. The molecule has 1 fully saturated rings. The number of nitrogens with two attached hydrogens (primary N) is 1. The molecule has 3 heterocycles. The van der Waals surface area contributed by atoms with Gasteiger partial charge in [0.15, 0.2) is 23.0 Å². The van der Waals surface area contributed by atoms with Gasteiger partial charge in [0, 0.05) is 36.4 Å². The van der Waals surface area contributed by atoms with Crippen molar-refractivity contribution in [2.75, 3.05) is 18.9 Å². The van der Waals surface area contributed by atoms with E-state index in [2.05, 4.69) is 4.98 Å². The van der Waals surface area contributed by atoms with Crippen LogP contribution in [-0.4, -0.2) is 90.1 Å². The lowest BCUT2D eigenvalue weighted by molar-refractivity contribution is -0.306. The summed E-state index contributed by atoms with van der Waals surface area (Å²) in [4.78, 5) is 28.7. The molecule has 0 bridgehead atoms. The maximum absolute atomic E-state index is 13.5. The third-order valence-electron chi connectivity index (χ3n) is 8.80. The van der Waals surface area contributed by atoms with Crippen LogP contribution in [-0.2, 0) is 22.6 Å². The molecule has 280 valence electrons. The van der Waals surface area contributed by atoms with Gasteiger partial charge in [-0.3, -0.25) is 4.79 Å². The maximum atomic E-state index is 13.5. The van der Waals surface area contributed by atoms with Crippen LogP contribution in [0.1, 0.15) is 24.1 Å². The minimum atomic E-state index is -2.51. The highest BCUT2D eigenvalue weighted by Crippen LogP contribution is 2.45. The molecule has 1 saturated heterocycles. The average molecular weight is 735 g/mol. The second-order valence-electron chi connectivity index (χ2n) is 12.5. The summed E-state index contributed by atoms with van der Waals surface area (Å²) in [6, 6.07) is 18.6. The first-order valence-corrected chi connectivity index (χ1v) is 16.5. The number of hydrogen-bond donors (Lipinski definition) is 9. The molecule has 0 spiro atoms. The van der Waals surface area contributed by atoms with Crippen molar-refractivity contribution in [3.8, 4) is 40.1 Å². The van der Waals surface area contributed by atoms with E-state index >= 15 is 0 Å². The number of benzene rings is 3. The Balaban J connectivity index is 1.33. The van der Waals surface area contributed by atoms with Crippen molar-refractivity contribution in [1.29, 1.82) is 0 Å². The van der Waals surface area contributed by atoms with Gasteiger partial charge in [0.05, 0.1) is 6.61 Å². The number of carbonyl (C=O) groups is 1. The fraction of sp³-hybridized carbons (Fsp3) is 0.297. The van der Waals surface area contributed by atoms with Gasteiger partial charge in [0.2, 0.25) is 12.0 Å². The number of H-pyrrole nitrogens is 1. The number of ether oxygens (including phenoxy) is 4. The molecule has 0 aliphatic carbocycles. The van der Waals surface area contributed by atoms with Crippen molar-refractivity contribution in [3.05, 3.63) is 94.3 Å². The first kappa shape index (κ1) is 37.0. The largest absolute Gasteiger partial charge is 0.508 e. The number of hydrogen-bond acceptors (Lipinski definition) is 14. The molecule has 16 heteroatoms. The summed E-state index contributed by atoms with van der Waals surface area (Å²) in [5, 5.41) is 73.1. The average Bonchev–Trinajstić information content (AvgIpc) is 3.55. The van der Waals surface area contributed by atoms with Crippen LogP contribution in [0.25, 0.3) is 22.3 Å². The number of aliphatic hydroxyl groups excluding tert-OH is 3. The van der Waals surface area contributed by atoms with Crippen LogP contribution in [0.3, 0.4) is 0 Å². The number of rotatable bonds is 14. The second-order valence-corrected chi connectivity index (χ2v) is 12.5. The molecule has 6 rings (SSSR count). The molecule has 5 atom stereocenters. The van der Waals surface area contributed by atoms with Crippen LogP contribution in [0.5, 0.6) is 28.7 Å². The van der Waals surface area contributed by atoms with Crippen molar-refractivity contribution in [2.24, 2.45) is 0 Å². The molecule has 3 aromatic carbocycles. The highest BCUT2D eigenvalue weighted by Gasteiger charge is 2.58. The Morgan fingerprint density at radius 2 is 1.77 bits per heavy atom. The van der Waals surface area contributed by atoms with Gasteiger partial charge < -0.3 is 69.8 Å². The lowest BCUT2D eigenvalue weighted by Gasteiger charge is -2.46. The zero-order chi connectivity index (χ0) is 37.9. The van der Waals surface area contributed by atoms with E-state index in [0.717, 1.165) is 11.8 Å². The number of aliphatic hydroxyl groups is 4. The molecular weight excluding hydrogens is 696 g/mol. The summed E-state index contributed by atoms with van der Waals surface area (Å²) in [5.41, 5.74) is 4.18. The molecule has 2 aromatic heterocycles. The summed E-state index contributed by atoms with van der Waals surface area (Å²) >= 11 is 0. The van der Waals surface area contributed by atoms with E-state index in [9.17, 15) is 45.3 Å². The number of aliphatic carboxylic acids is 1. The third-order valence-corrected chi connectivity index (χ3v) is 8.80. The van der Waals surface area contributed by atoms with E-state index < -0.39 is 71.9 Å². The minimum absolute atomic E-state index is 0.0682. The standard InChI is InChI=1S/C37H38N2O14/c38-28-10-7-21(39-28)11-14-49-23-8-5-20(6-9-23)25-16-24(42)29-26(51-25)17-27(32(30(29)43)50-18-19-3-1-4-22(41)15-19)52-36-31(44)33(45)37(48,12-2-13-40)34(53-36)35(46)47/h1,3-10,15-17,31,33-34,36,39-41,43-45,48H,2,11-14,18,38H2,(H,46,47). The number of aromatic nitrogens is 1. The topological polar surface area (TPSA) is 268 Å². The van der Waals surface area contributed by atoms with Crippen LogP contribution in [0.2, 0.25) is 0 Å². The molecule has 0 radical (unpaired) electrons. The number of aromatic amines is 1. The Bertz CT molecular complexity index is 2130.